The maximum Gasteiger partial charge on any atom is 0.289 e. The standard InChI is InChI=1S/C15H18N2O2.ClH/c1-10-4-5-13-11(7-10)8-14(19-13)15(18)17-6-2-3-12(17)9-16;/h4-5,7-8,12H,2-3,6,9,16H2,1H3;1H. The third-order valence-electron chi connectivity index (χ3n) is 3.79. The zero-order valence-corrected chi connectivity index (χ0v) is 12.3. The molecule has 2 aromatic rings. The summed E-state index contributed by atoms with van der Waals surface area (Å²) in [6.07, 6.45) is 2.01. The van der Waals surface area contributed by atoms with Crippen LogP contribution in [-0.2, 0) is 0 Å². The maximum absolute atomic E-state index is 12.4. The summed E-state index contributed by atoms with van der Waals surface area (Å²) in [5.74, 6) is 0.378. The van der Waals surface area contributed by atoms with Crippen molar-refractivity contribution in [3.63, 3.8) is 0 Å². The molecule has 20 heavy (non-hydrogen) atoms. The number of hydrogen-bond acceptors (Lipinski definition) is 3. The predicted octanol–water partition coefficient (Wildman–Crippen LogP) is 2.73. The number of nitrogens with two attached hydrogens (primary N) is 1. The summed E-state index contributed by atoms with van der Waals surface area (Å²) in [7, 11) is 0. The van der Waals surface area contributed by atoms with Gasteiger partial charge in [0.25, 0.3) is 5.91 Å². The highest BCUT2D eigenvalue weighted by atomic mass is 35.5. The molecule has 4 nitrogen and oxygen atoms in total. The summed E-state index contributed by atoms with van der Waals surface area (Å²) in [6, 6.07) is 7.91. The van der Waals surface area contributed by atoms with E-state index >= 15 is 0 Å². The van der Waals surface area contributed by atoms with E-state index in [1.54, 1.807) is 0 Å². The minimum Gasteiger partial charge on any atom is -0.451 e. The van der Waals surface area contributed by atoms with E-state index in [0.717, 1.165) is 35.9 Å². The number of carbonyl (C=O) groups excluding carboxylic acids is 1. The van der Waals surface area contributed by atoms with E-state index in [9.17, 15) is 4.79 Å². The number of nitrogens with zero attached hydrogens (tertiary/aromatic N) is 1. The lowest BCUT2D eigenvalue weighted by molar-refractivity contribution is 0.0711. The molecule has 1 aromatic carbocycles. The van der Waals surface area contributed by atoms with Gasteiger partial charge in [0.2, 0.25) is 0 Å². The molecule has 0 aliphatic carbocycles. The Balaban J connectivity index is 0.00000147. The van der Waals surface area contributed by atoms with E-state index in [0.29, 0.717) is 12.3 Å². The van der Waals surface area contributed by atoms with Crippen molar-refractivity contribution >= 4 is 29.3 Å². The van der Waals surface area contributed by atoms with E-state index in [2.05, 4.69) is 0 Å². The molecule has 5 heteroatoms. The van der Waals surface area contributed by atoms with Gasteiger partial charge in [0.15, 0.2) is 5.76 Å². The molecule has 2 heterocycles. The van der Waals surface area contributed by atoms with Gasteiger partial charge < -0.3 is 15.1 Å². The summed E-state index contributed by atoms with van der Waals surface area (Å²) in [5, 5.41) is 0.979. The van der Waals surface area contributed by atoms with Gasteiger partial charge in [-0.05, 0) is 38.0 Å². The molecule has 1 fully saturated rings. The Morgan fingerprint density at radius 2 is 2.25 bits per heavy atom. The van der Waals surface area contributed by atoms with Crippen molar-refractivity contribution in [2.45, 2.75) is 25.8 Å². The van der Waals surface area contributed by atoms with Crippen LogP contribution in [0.25, 0.3) is 11.0 Å². The molecule has 0 bridgehead atoms. The number of carbonyl (C=O) groups is 1. The molecule has 0 saturated carbocycles. The molecule has 1 aliphatic rings. The Bertz CT molecular complexity index is 623. The molecule has 1 unspecified atom stereocenters. The summed E-state index contributed by atoms with van der Waals surface area (Å²) in [4.78, 5) is 14.3. The quantitative estimate of drug-likeness (QED) is 0.926. The smallest absolute Gasteiger partial charge is 0.289 e. The van der Waals surface area contributed by atoms with Crippen LogP contribution in [0.15, 0.2) is 28.7 Å². The number of hydrogen-bond donors (Lipinski definition) is 1. The highest BCUT2D eigenvalue weighted by Gasteiger charge is 2.30. The lowest BCUT2D eigenvalue weighted by atomic mass is 10.2. The molecule has 1 aromatic heterocycles. The predicted molar refractivity (Wildman–Crippen MR) is 81.3 cm³/mol. The summed E-state index contributed by atoms with van der Waals surface area (Å²) < 4.78 is 5.66. The van der Waals surface area contributed by atoms with Gasteiger partial charge in [0.1, 0.15) is 5.58 Å². The third kappa shape index (κ3) is 2.53. The van der Waals surface area contributed by atoms with Gasteiger partial charge in [-0.15, -0.1) is 12.4 Å². The molecule has 0 radical (unpaired) electrons. The first-order valence-corrected chi connectivity index (χ1v) is 6.70. The molecule has 108 valence electrons. The Morgan fingerprint density at radius 1 is 1.45 bits per heavy atom. The van der Waals surface area contributed by atoms with Crippen LogP contribution in [0.5, 0.6) is 0 Å². The average Bonchev–Trinajstić information content (AvgIpc) is 3.03. The maximum atomic E-state index is 12.4. The minimum absolute atomic E-state index is 0. The van der Waals surface area contributed by atoms with Gasteiger partial charge in [-0.2, -0.15) is 0 Å². The zero-order valence-electron chi connectivity index (χ0n) is 11.5. The normalized spacial score (nSPS) is 18.3. The third-order valence-corrected chi connectivity index (χ3v) is 3.79. The monoisotopic (exact) mass is 294 g/mol. The van der Waals surface area contributed by atoms with Crippen molar-refractivity contribution in [3.8, 4) is 0 Å². The zero-order chi connectivity index (χ0) is 13.4. The van der Waals surface area contributed by atoms with Crippen LogP contribution >= 0.6 is 12.4 Å². The highest BCUT2D eigenvalue weighted by Crippen LogP contribution is 2.24. The number of rotatable bonds is 2. The second kappa shape index (κ2) is 5.85. The van der Waals surface area contributed by atoms with Crippen molar-refractivity contribution < 1.29 is 9.21 Å². The van der Waals surface area contributed by atoms with E-state index in [1.807, 2.05) is 36.1 Å². The molecule has 1 saturated heterocycles. The van der Waals surface area contributed by atoms with E-state index in [1.165, 1.54) is 0 Å². The molecule has 1 amide bonds. The number of fused-ring (bicyclic) bond motifs is 1. The van der Waals surface area contributed by atoms with Crippen LogP contribution in [0, 0.1) is 6.92 Å². The molecular formula is C15H19ClN2O2. The number of benzene rings is 1. The first-order valence-electron chi connectivity index (χ1n) is 6.70. The average molecular weight is 295 g/mol. The van der Waals surface area contributed by atoms with Gasteiger partial charge in [0.05, 0.1) is 0 Å². The van der Waals surface area contributed by atoms with Gasteiger partial charge in [-0.3, -0.25) is 4.79 Å². The van der Waals surface area contributed by atoms with Gasteiger partial charge in [0, 0.05) is 24.5 Å². The van der Waals surface area contributed by atoms with E-state index in [4.69, 9.17) is 10.2 Å². The van der Waals surface area contributed by atoms with Crippen molar-refractivity contribution in [1.82, 2.24) is 4.90 Å². The fourth-order valence-corrected chi connectivity index (χ4v) is 2.76. The second-order valence-electron chi connectivity index (χ2n) is 5.18. The van der Waals surface area contributed by atoms with Crippen LogP contribution in [0.4, 0.5) is 0 Å². The van der Waals surface area contributed by atoms with E-state index < -0.39 is 0 Å². The Labute approximate surface area is 124 Å². The van der Waals surface area contributed by atoms with Gasteiger partial charge >= 0.3 is 0 Å². The number of amides is 1. The fourth-order valence-electron chi connectivity index (χ4n) is 2.76. The van der Waals surface area contributed by atoms with Crippen LogP contribution in [0.3, 0.4) is 0 Å². The van der Waals surface area contributed by atoms with Crippen molar-refractivity contribution in [2.75, 3.05) is 13.1 Å². The van der Waals surface area contributed by atoms with Crippen LogP contribution in [0.1, 0.15) is 29.0 Å². The topological polar surface area (TPSA) is 59.5 Å². The van der Waals surface area contributed by atoms with Crippen molar-refractivity contribution in [1.29, 1.82) is 0 Å². The molecule has 3 rings (SSSR count). The van der Waals surface area contributed by atoms with Gasteiger partial charge in [-0.1, -0.05) is 11.6 Å². The largest absolute Gasteiger partial charge is 0.451 e. The molecule has 1 atom stereocenters. The van der Waals surface area contributed by atoms with E-state index in [-0.39, 0.29) is 24.4 Å². The first-order chi connectivity index (χ1) is 9.19. The fraction of sp³-hybridized carbons (Fsp3) is 0.400. The Hall–Kier alpha value is -1.52. The van der Waals surface area contributed by atoms with Gasteiger partial charge in [-0.25, -0.2) is 0 Å². The Kier molecular flexibility index (Phi) is 4.35. The first kappa shape index (κ1) is 14.9. The summed E-state index contributed by atoms with van der Waals surface area (Å²) in [5.41, 5.74) is 7.63. The summed E-state index contributed by atoms with van der Waals surface area (Å²) in [6.45, 7) is 3.32. The molecule has 1 aliphatic heterocycles. The van der Waals surface area contributed by atoms with Crippen molar-refractivity contribution in [3.05, 3.63) is 35.6 Å². The number of likely N-dealkylation sites (tertiary alicyclic amines) is 1. The highest BCUT2D eigenvalue weighted by molar-refractivity contribution is 5.96. The minimum atomic E-state index is -0.0400. The lowest BCUT2D eigenvalue weighted by Crippen LogP contribution is -2.39. The lowest BCUT2D eigenvalue weighted by Gasteiger charge is -2.22. The van der Waals surface area contributed by atoms with Crippen LogP contribution in [-0.4, -0.2) is 29.9 Å². The molecular weight excluding hydrogens is 276 g/mol. The number of aryl methyl sites for hydroxylation is 1. The molecule has 0 spiro atoms. The summed E-state index contributed by atoms with van der Waals surface area (Å²) >= 11 is 0. The SMILES string of the molecule is Cc1ccc2oc(C(=O)N3CCCC3CN)cc2c1.Cl. The number of furan rings is 1. The second-order valence-corrected chi connectivity index (χ2v) is 5.18. The van der Waals surface area contributed by atoms with Crippen LogP contribution in [0.2, 0.25) is 0 Å². The molecule has 2 N–H and O–H groups in total. The Morgan fingerprint density at radius 3 is 3.00 bits per heavy atom. The van der Waals surface area contributed by atoms with Crippen LogP contribution < -0.4 is 5.73 Å². The number of halogens is 1. The van der Waals surface area contributed by atoms with Crippen molar-refractivity contribution in [2.24, 2.45) is 5.73 Å².